The van der Waals surface area contributed by atoms with Crippen molar-refractivity contribution >= 4 is 23.2 Å². The van der Waals surface area contributed by atoms with Crippen molar-refractivity contribution in [1.29, 1.82) is 0 Å². The van der Waals surface area contributed by atoms with Crippen LogP contribution in [0, 0.1) is 5.92 Å². The van der Waals surface area contributed by atoms with Crippen LogP contribution in [-0.2, 0) is 11.2 Å². The fraction of sp³-hybridized carbons (Fsp3) is 0.280. The van der Waals surface area contributed by atoms with Crippen molar-refractivity contribution in [3.63, 3.8) is 0 Å². The van der Waals surface area contributed by atoms with Crippen LogP contribution in [-0.4, -0.2) is 52.9 Å². The zero-order valence-electron chi connectivity index (χ0n) is 18.1. The van der Waals surface area contributed by atoms with E-state index in [2.05, 4.69) is 32.3 Å². The highest BCUT2D eigenvalue weighted by Crippen LogP contribution is 2.22. The molecule has 0 spiro atoms. The Morgan fingerprint density at radius 2 is 1.78 bits per heavy atom. The van der Waals surface area contributed by atoms with Gasteiger partial charge in [0.05, 0.1) is 5.69 Å². The van der Waals surface area contributed by atoms with Crippen molar-refractivity contribution in [2.45, 2.75) is 13.3 Å². The number of nitrogens with zero attached hydrogens (tertiary/aromatic N) is 4. The van der Waals surface area contributed by atoms with Gasteiger partial charge in [0.15, 0.2) is 0 Å². The molecule has 0 aliphatic carbocycles. The third-order valence-electron chi connectivity index (χ3n) is 5.57. The maximum atomic E-state index is 13.3. The zero-order valence-corrected chi connectivity index (χ0v) is 18.1. The number of nitrogens with one attached hydrogen (secondary N) is 1. The molecular formula is C25H27N5O2. The largest absolute Gasteiger partial charge is 0.369 e. The van der Waals surface area contributed by atoms with Gasteiger partial charge in [0.25, 0.3) is 5.91 Å². The molecule has 0 bridgehead atoms. The normalized spacial score (nSPS) is 16.3. The Morgan fingerprint density at radius 1 is 1.00 bits per heavy atom. The molecule has 1 aliphatic rings. The van der Waals surface area contributed by atoms with E-state index in [1.807, 2.05) is 23.1 Å². The highest BCUT2D eigenvalue weighted by molar-refractivity contribution is 5.95. The molecule has 2 heterocycles. The van der Waals surface area contributed by atoms with Gasteiger partial charge in [0.2, 0.25) is 5.91 Å². The highest BCUT2D eigenvalue weighted by Gasteiger charge is 2.27. The number of benzene rings is 2. The number of anilines is 2. The summed E-state index contributed by atoms with van der Waals surface area (Å²) in [6.07, 6.45) is 5.93. The Balaban J connectivity index is 1.53. The van der Waals surface area contributed by atoms with E-state index in [1.54, 1.807) is 42.9 Å². The van der Waals surface area contributed by atoms with Crippen molar-refractivity contribution in [1.82, 2.24) is 14.9 Å². The topological polar surface area (TPSA) is 78.4 Å². The van der Waals surface area contributed by atoms with E-state index in [1.165, 1.54) is 6.92 Å². The van der Waals surface area contributed by atoms with Crippen molar-refractivity contribution in [2.75, 3.05) is 36.4 Å². The average molecular weight is 430 g/mol. The smallest absolute Gasteiger partial charge is 0.253 e. The zero-order chi connectivity index (χ0) is 22.3. The first-order valence-electron chi connectivity index (χ1n) is 10.8. The molecular weight excluding hydrogens is 402 g/mol. The van der Waals surface area contributed by atoms with Gasteiger partial charge in [-0.3, -0.25) is 19.6 Å². The van der Waals surface area contributed by atoms with Crippen LogP contribution >= 0.6 is 0 Å². The van der Waals surface area contributed by atoms with Gasteiger partial charge >= 0.3 is 0 Å². The highest BCUT2D eigenvalue weighted by atomic mass is 16.2. The summed E-state index contributed by atoms with van der Waals surface area (Å²) in [6.45, 7) is 4.35. The predicted octanol–water partition coefficient (Wildman–Crippen LogP) is 3.26. The average Bonchev–Trinajstić information content (AvgIpc) is 3.03. The molecule has 3 aromatic rings. The van der Waals surface area contributed by atoms with E-state index < -0.39 is 0 Å². The summed E-state index contributed by atoms with van der Waals surface area (Å²) in [5.41, 5.74) is 3.39. The summed E-state index contributed by atoms with van der Waals surface area (Å²) < 4.78 is 0. The van der Waals surface area contributed by atoms with E-state index in [9.17, 15) is 9.59 Å². The number of aromatic nitrogens is 2. The minimum Gasteiger partial charge on any atom is -0.369 e. The van der Waals surface area contributed by atoms with Crippen LogP contribution in [0.1, 0.15) is 23.0 Å². The van der Waals surface area contributed by atoms with Gasteiger partial charge in [0, 0.05) is 68.6 Å². The van der Waals surface area contributed by atoms with Gasteiger partial charge in [-0.2, -0.15) is 0 Å². The fourth-order valence-corrected chi connectivity index (χ4v) is 4.11. The Labute approximate surface area is 188 Å². The molecule has 1 saturated heterocycles. The lowest BCUT2D eigenvalue weighted by molar-refractivity contribution is -0.114. The summed E-state index contributed by atoms with van der Waals surface area (Å²) in [5, 5.41) is 2.74. The van der Waals surface area contributed by atoms with Crippen molar-refractivity contribution in [3.8, 4) is 0 Å². The molecule has 7 heteroatoms. The standard InChI is InChI=1S/C25H27N5O2/c1-19(31)28-22-9-7-21(8-10-22)25(32)30-14-13-29(24-5-3-2-4-6-24)17-20(18-30)15-23-16-26-11-12-27-23/h2-12,16,20H,13-15,17-18H2,1H3,(H,28,31). The third kappa shape index (κ3) is 5.49. The molecule has 2 aromatic carbocycles. The number of amides is 2. The first-order valence-corrected chi connectivity index (χ1v) is 10.8. The molecule has 1 atom stereocenters. The molecule has 1 unspecified atom stereocenters. The molecule has 1 fully saturated rings. The van der Waals surface area contributed by atoms with Crippen LogP contribution in [0.2, 0.25) is 0 Å². The first kappa shape index (κ1) is 21.5. The summed E-state index contributed by atoms with van der Waals surface area (Å²) >= 11 is 0. The third-order valence-corrected chi connectivity index (χ3v) is 5.57. The minimum absolute atomic E-state index is 0.00145. The second-order valence-electron chi connectivity index (χ2n) is 8.06. The molecule has 164 valence electrons. The van der Waals surface area contributed by atoms with Crippen LogP contribution in [0.5, 0.6) is 0 Å². The van der Waals surface area contributed by atoms with Gasteiger partial charge in [-0.25, -0.2) is 0 Å². The minimum atomic E-state index is -0.135. The Bertz CT molecular complexity index is 1040. The fourth-order valence-electron chi connectivity index (χ4n) is 4.11. The van der Waals surface area contributed by atoms with Gasteiger partial charge in [-0.05, 0) is 48.7 Å². The summed E-state index contributed by atoms with van der Waals surface area (Å²) in [5.74, 6) is 0.0832. The molecule has 1 aromatic heterocycles. The van der Waals surface area contributed by atoms with E-state index >= 15 is 0 Å². The number of hydrogen-bond acceptors (Lipinski definition) is 5. The van der Waals surface area contributed by atoms with Gasteiger partial charge < -0.3 is 15.1 Å². The van der Waals surface area contributed by atoms with E-state index in [4.69, 9.17) is 0 Å². The summed E-state index contributed by atoms with van der Waals surface area (Å²) in [6, 6.07) is 17.4. The quantitative estimate of drug-likeness (QED) is 0.674. The SMILES string of the molecule is CC(=O)Nc1ccc(C(=O)N2CCN(c3ccccc3)CC(Cc3cnccn3)C2)cc1. The predicted molar refractivity (Wildman–Crippen MR) is 125 cm³/mol. The maximum absolute atomic E-state index is 13.3. The molecule has 0 saturated carbocycles. The van der Waals surface area contributed by atoms with Crippen molar-refractivity contribution in [3.05, 3.63) is 84.4 Å². The number of carbonyl (C=O) groups is 2. The van der Waals surface area contributed by atoms with Crippen molar-refractivity contribution < 1.29 is 9.59 Å². The van der Waals surface area contributed by atoms with Crippen LogP contribution in [0.25, 0.3) is 0 Å². The van der Waals surface area contributed by atoms with E-state index in [0.717, 1.165) is 30.9 Å². The second kappa shape index (κ2) is 10.0. The molecule has 0 radical (unpaired) electrons. The van der Waals surface area contributed by atoms with Crippen molar-refractivity contribution in [2.24, 2.45) is 5.92 Å². The van der Waals surface area contributed by atoms with Gasteiger partial charge in [-0.15, -0.1) is 0 Å². The number of rotatable bonds is 5. The van der Waals surface area contributed by atoms with Crippen LogP contribution in [0.3, 0.4) is 0 Å². The van der Waals surface area contributed by atoms with Crippen LogP contribution < -0.4 is 10.2 Å². The summed E-state index contributed by atoms with van der Waals surface area (Å²) in [4.78, 5) is 37.5. The second-order valence-corrected chi connectivity index (χ2v) is 8.06. The molecule has 1 aliphatic heterocycles. The molecule has 4 rings (SSSR count). The lowest BCUT2D eigenvalue weighted by atomic mass is 10.0. The maximum Gasteiger partial charge on any atom is 0.253 e. The summed E-state index contributed by atoms with van der Waals surface area (Å²) in [7, 11) is 0. The van der Waals surface area contributed by atoms with E-state index in [-0.39, 0.29) is 17.7 Å². The monoisotopic (exact) mass is 429 g/mol. The van der Waals surface area contributed by atoms with Crippen LogP contribution in [0.4, 0.5) is 11.4 Å². The van der Waals surface area contributed by atoms with Gasteiger partial charge in [0.1, 0.15) is 0 Å². The Hall–Kier alpha value is -3.74. The van der Waals surface area contributed by atoms with Gasteiger partial charge in [-0.1, -0.05) is 18.2 Å². The number of carbonyl (C=O) groups excluding carboxylic acids is 2. The molecule has 7 nitrogen and oxygen atoms in total. The van der Waals surface area contributed by atoms with Crippen LogP contribution in [0.15, 0.2) is 73.2 Å². The Kier molecular flexibility index (Phi) is 6.75. The first-order chi connectivity index (χ1) is 15.6. The Morgan fingerprint density at radius 3 is 2.47 bits per heavy atom. The molecule has 2 amide bonds. The lowest BCUT2D eigenvalue weighted by Crippen LogP contribution is -2.36. The number of hydrogen-bond donors (Lipinski definition) is 1. The molecule has 32 heavy (non-hydrogen) atoms. The molecule has 1 N–H and O–H groups in total. The van der Waals surface area contributed by atoms with E-state index in [0.29, 0.717) is 24.3 Å². The lowest BCUT2D eigenvalue weighted by Gasteiger charge is -2.25. The number of para-hydroxylation sites is 1.